The number of nitrogens with zero attached hydrogens (tertiary/aromatic N) is 1. The summed E-state index contributed by atoms with van der Waals surface area (Å²) < 4.78 is 22.7. The summed E-state index contributed by atoms with van der Waals surface area (Å²) in [6.45, 7) is 2.62. The molecule has 0 saturated carbocycles. The Morgan fingerprint density at radius 3 is 1.77 bits per heavy atom. The van der Waals surface area contributed by atoms with Gasteiger partial charge >= 0.3 is 14.2 Å². The number of likely N-dealkylation sites (N-methyl/N-ethyl adjacent to an activating group) is 1. The molecule has 2 N–H and O–H groups in total. The summed E-state index contributed by atoms with van der Waals surface area (Å²) in [6.07, 6.45) is 13.1. The second-order valence-corrected chi connectivity index (χ2v) is 10.1. The number of aliphatic hydroxyl groups is 1. The van der Waals surface area contributed by atoms with Gasteiger partial charge in [-0.3, -0.25) is 4.79 Å². The minimum atomic E-state index is -2.56. The van der Waals surface area contributed by atoms with Crippen LogP contribution in [0.2, 0.25) is 0 Å². The lowest BCUT2D eigenvalue weighted by Crippen LogP contribution is -2.42. The lowest BCUT2D eigenvalue weighted by atomic mass is 10.0. The third-order valence-corrected chi connectivity index (χ3v) is 5.79. The number of aliphatic carboxylic acids is 1. The zero-order chi connectivity index (χ0) is 22.8. The lowest BCUT2D eigenvalue weighted by molar-refractivity contribution is -0.873. The molecule has 0 amide bonds. The standard InChI is InChI=1S/C22H45NO6P/c1-5-6-7-8-9-10-11-12-13-14-15-16-17-22(26)29-30(27)28-20(18-21(24)25)19-23(2,3)4/h20,22,26H,5-19H2,1-4H3/q+1/p+1/t20?,22-/m1/s1. The van der Waals surface area contributed by atoms with E-state index in [4.69, 9.17) is 14.2 Å². The number of carboxylic acid groups (broad SMARTS) is 1. The summed E-state index contributed by atoms with van der Waals surface area (Å²) >= 11 is 0. The maximum absolute atomic E-state index is 12.0. The third-order valence-electron chi connectivity index (χ3n) is 4.90. The fourth-order valence-corrected chi connectivity index (χ4v) is 4.14. The van der Waals surface area contributed by atoms with Crippen molar-refractivity contribution in [2.75, 3.05) is 27.7 Å². The van der Waals surface area contributed by atoms with Gasteiger partial charge in [0.15, 0.2) is 6.10 Å². The van der Waals surface area contributed by atoms with Crippen molar-refractivity contribution in [1.82, 2.24) is 0 Å². The Balaban J connectivity index is 3.78. The van der Waals surface area contributed by atoms with Crippen molar-refractivity contribution >= 4 is 14.2 Å². The number of quaternary nitrogens is 1. The third kappa shape index (κ3) is 20.7. The Kier molecular flexibility index (Phi) is 17.7. The van der Waals surface area contributed by atoms with E-state index in [-0.39, 0.29) is 6.42 Å². The molecule has 0 aliphatic rings. The number of carboxylic acids is 1. The highest BCUT2D eigenvalue weighted by atomic mass is 31.1. The van der Waals surface area contributed by atoms with Crippen LogP contribution in [0.1, 0.15) is 96.8 Å². The van der Waals surface area contributed by atoms with Crippen LogP contribution in [0.4, 0.5) is 0 Å². The van der Waals surface area contributed by atoms with E-state index in [1.165, 1.54) is 57.8 Å². The van der Waals surface area contributed by atoms with Gasteiger partial charge in [-0.15, -0.1) is 4.52 Å². The van der Waals surface area contributed by atoms with E-state index in [2.05, 4.69) is 6.92 Å². The number of hydrogen-bond donors (Lipinski definition) is 2. The summed E-state index contributed by atoms with van der Waals surface area (Å²) in [7, 11) is 3.14. The maximum Gasteiger partial charge on any atom is 0.700 e. The fourth-order valence-electron chi connectivity index (χ4n) is 3.40. The number of carbonyl (C=O) groups is 1. The van der Waals surface area contributed by atoms with E-state index in [9.17, 15) is 14.5 Å². The zero-order valence-corrected chi connectivity index (χ0v) is 20.6. The van der Waals surface area contributed by atoms with Gasteiger partial charge in [0, 0.05) is 11.0 Å². The van der Waals surface area contributed by atoms with Crippen molar-refractivity contribution in [1.29, 1.82) is 0 Å². The highest BCUT2D eigenvalue weighted by molar-refractivity contribution is 7.33. The number of rotatable bonds is 21. The van der Waals surface area contributed by atoms with Crippen LogP contribution in [-0.2, 0) is 18.4 Å². The molecule has 3 atom stereocenters. The van der Waals surface area contributed by atoms with Crippen LogP contribution in [0.15, 0.2) is 0 Å². The van der Waals surface area contributed by atoms with Gasteiger partial charge < -0.3 is 14.7 Å². The van der Waals surface area contributed by atoms with Crippen LogP contribution in [0.3, 0.4) is 0 Å². The summed E-state index contributed by atoms with van der Waals surface area (Å²) in [4.78, 5) is 11.0. The summed E-state index contributed by atoms with van der Waals surface area (Å²) in [5.74, 6) is -1.02. The van der Waals surface area contributed by atoms with Crippen molar-refractivity contribution in [3.05, 3.63) is 0 Å². The molecular formula is C22H46NO6P+2. The molecule has 0 heterocycles. The second-order valence-electron chi connectivity index (χ2n) is 9.26. The molecular weight excluding hydrogens is 405 g/mol. The van der Waals surface area contributed by atoms with Crippen LogP contribution in [0, 0.1) is 0 Å². The van der Waals surface area contributed by atoms with Gasteiger partial charge in [-0.1, -0.05) is 82.1 Å². The van der Waals surface area contributed by atoms with Crippen LogP contribution in [-0.4, -0.2) is 60.7 Å². The Bertz CT molecular complexity index is 455. The predicted octanol–water partition coefficient (Wildman–Crippen LogP) is 5.64. The zero-order valence-electron chi connectivity index (χ0n) is 19.7. The maximum atomic E-state index is 12.0. The first-order chi connectivity index (χ1) is 14.1. The highest BCUT2D eigenvalue weighted by Crippen LogP contribution is 2.30. The summed E-state index contributed by atoms with van der Waals surface area (Å²) in [6, 6.07) is 0. The van der Waals surface area contributed by atoms with Crippen LogP contribution in [0.5, 0.6) is 0 Å². The molecule has 30 heavy (non-hydrogen) atoms. The molecule has 0 rings (SSSR count). The quantitative estimate of drug-likeness (QED) is 0.102. The topological polar surface area (TPSA) is 93.1 Å². The first-order valence-electron chi connectivity index (χ1n) is 11.6. The average Bonchev–Trinajstić information content (AvgIpc) is 2.60. The monoisotopic (exact) mass is 451 g/mol. The van der Waals surface area contributed by atoms with E-state index < -0.39 is 26.6 Å². The van der Waals surface area contributed by atoms with Crippen LogP contribution < -0.4 is 0 Å². The number of hydrogen-bond acceptors (Lipinski definition) is 5. The minimum absolute atomic E-state index is 0.255. The molecule has 0 aliphatic heterocycles. The highest BCUT2D eigenvalue weighted by Gasteiger charge is 2.35. The molecule has 0 aromatic carbocycles. The molecule has 0 fully saturated rings. The smallest absolute Gasteiger partial charge is 0.481 e. The molecule has 178 valence electrons. The van der Waals surface area contributed by atoms with Crippen LogP contribution >= 0.6 is 8.25 Å². The van der Waals surface area contributed by atoms with Crippen molar-refractivity contribution in [3.63, 3.8) is 0 Å². The Morgan fingerprint density at radius 2 is 1.33 bits per heavy atom. The van der Waals surface area contributed by atoms with E-state index in [1.807, 2.05) is 21.1 Å². The molecule has 8 heteroatoms. The van der Waals surface area contributed by atoms with Gasteiger partial charge in [-0.05, 0) is 6.42 Å². The van der Waals surface area contributed by atoms with E-state index in [1.54, 1.807) is 0 Å². The van der Waals surface area contributed by atoms with Gasteiger partial charge in [-0.2, -0.15) is 0 Å². The molecule has 0 aromatic heterocycles. The predicted molar refractivity (Wildman–Crippen MR) is 120 cm³/mol. The molecule has 0 radical (unpaired) electrons. The molecule has 0 aromatic rings. The molecule has 0 bridgehead atoms. The number of unbranched alkanes of at least 4 members (excludes halogenated alkanes) is 11. The fraction of sp³-hybridized carbons (Fsp3) is 0.955. The van der Waals surface area contributed by atoms with Gasteiger partial charge in [0.05, 0.1) is 27.6 Å². The summed E-state index contributed by atoms with van der Waals surface area (Å²) in [5, 5.41) is 18.9. The van der Waals surface area contributed by atoms with Gasteiger partial charge in [0.25, 0.3) is 0 Å². The molecule has 0 aliphatic carbocycles. The van der Waals surface area contributed by atoms with E-state index in [0.29, 0.717) is 17.4 Å². The molecule has 0 saturated heterocycles. The SMILES string of the molecule is CCCCCCCCCCCCCC[C@H](O)O[P+](=O)OC(CC(=O)O)C[N+](C)(C)C. The second kappa shape index (κ2) is 18.0. The van der Waals surface area contributed by atoms with E-state index in [0.717, 1.165) is 19.3 Å². The van der Waals surface area contributed by atoms with Gasteiger partial charge in [-0.25, -0.2) is 0 Å². The Morgan fingerprint density at radius 1 is 0.867 bits per heavy atom. The largest absolute Gasteiger partial charge is 0.700 e. The molecule has 2 unspecified atom stereocenters. The van der Waals surface area contributed by atoms with Gasteiger partial charge in [0.1, 0.15) is 6.54 Å². The molecule has 7 nitrogen and oxygen atoms in total. The van der Waals surface area contributed by atoms with Crippen molar-refractivity contribution in [3.8, 4) is 0 Å². The normalized spacial score (nSPS) is 14.5. The number of aliphatic hydroxyl groups excluding tert-OH is 1. The molecule has 0 spiro atoms. The lowest BCUT2D eigenvalue weighted by Gasteiger charge is -2.25. The minimum Gasteiger partial charge on any atom is -0.481 e. The Labute approximate surface area is 184 Å². The van der Waals surface area contributed by atoms with Crippen molar-refractivity contribution in [2.45, 2.75) is 109 Å². The van der Waals surface area contributed by atoms with Gasteiger partial charge in [0.2, 0.25) is 6.29 Å². The first-order valence-corrected chi connectivity index (χ1v) is 12.7. The first kappa shape index (κ1) is 29.4. The average molecular weight is 452 g/mol. The summed E-state index contributed by atoms with van der Waals surface area (Å²) in [5.41, 5.74) is 0. The Hall–Kier alpha value is -0.590. The van der Waals surface area contributed by atoms with Crippen molar-refractivity contribution < 1.29 is 33.1 Å². The van der Waals surface area contributed by atoms with Crippen molar-refractivity contribution in [2.24, 2.45) is 0 Å². The van der Waals surface area contributed by atoms with E-state index >= 15 is 0 Å². The van der Waals surface area contributed by atoms with Crippen LogP contribution in [0.25, 0.3) is 0 Å².